The molecule has 1 aliphatic rings. The molecule has 0 saturated carbocycles. The number of nitrogens with zero attached hydrogens (tertiary/aromatic N) is 1. The molecule has 36 heavy (non-hydrogen) atoms. The molecule has 0 radical (unpaired) electrons. The minimum atomic E-state index is -1.32. The van der Waals surface area contributed by atoms with Crippen LogP contribution in [0.1, 0.15) is 61.2 Å². The van der Waals surface area contributed by atoms with E-state index >= 15 is 0 Å². The quantitative estimate of drug-likeness (QED) is 0.476. The molecule has 6 heteroatoms. The van der Waals surface area contributed by atoms with Crippen molar-refractivity contribution in [3.63, 3.8) is 0 Å². The number of hydrogen-bond acceptors (Lipinski definition) is 4. The van der Waals surface area contributed by atoms with Crippen molar-refractivity contribution in [2.45, 2.75) is 52.2 Å². The van der Waals surface area contributed by atoms with Crippen molar-refractivity contribution in [2.75, 3.05) is 6.61 Å². The maximum Gasteiger partial charge on any atom is 0.339 e. The van der Waals surface area contributed by atoms with Crippen molar-refractivity contribution in [1.29, 1.82) is 0 Å². The van der Waals surface area contributed by atoms with E-state index in [0.29, 0.717) is 29.0 Å². The van der Waals surface area contributed by atoms with Gasteiger partial charge in [-0.2, -0.15) is 0 Å². The van der Waals surface area contributed by atoms with Gasteiger partial charge in [-0.05, 0) is 81.0 Å². The number of carbonyl (C=O) groups is 1. The van der Waals surface area contributed by atoms with E-state index in [2.05, 4.69) is 0 Å². The molecule has 1 aliphatic heterocycles. The summed E-state index contributed by atoms with van der Waals surface area (Å²) in [7, 11) is 1.62. The highest BCUT2D eigenvalue weighted by molar-refractivity contribution is 5.83. The molecule has 1 unspecified atom stereocenters. The van der Waals surface area contributed by atoms with Gasteiger partial charge >= 0.3 is 5.97 Å². The molecule has 0 spiro atoms. The zero-order valence-corrected chi connectivity index (χ0v) is 21.5. The number of rotatable bonds is 6. The van der Waals surface area contributed by atoms with Crippen LogP contribution in [0, 0.1) is 6.92 Å². The summed E-state index contributed by atoms with van der Waals surface area (Å²) in [6.07, 6.45) is 4.18. The summed E-state index contributed by atoms with van der Waals surface area (Å²) in [6.45, 7) is 7.98. The van der Waals surface area contributed by atoms with Gasteiger partial charge in [0.25, 0.3) is 5.56 Å². The Morgan fingerprint density at radius 1 is 1.14 bits per heavy atom. The van der Waals surface area contributed by atoms with Crippen LogP contribution in [0.15, 0.2) is 53.3 Å². The van der Waals surface area contributed by atoms with Crippen molar-refractivity contribution >= 4 is 18.1 Å². The van der Waals surface area contributed by atoms with E-state index in [-0.39, 0.29) is 5.56 Å². The molecular formula is C30H33NO5. The monoisotopic (exact) mass is 487 g/mol. The van der Waals surface area contributed by atoms with E-state index in [1.165, 1.54) is 4.57 Å². The van der Waals surface area contributed by atoms with Gasteiger partial charge in [0.2, 0.25) is 0 Å². The van der Waals surface area contributed by atoms with E-state index in [1.54, 1.807) is 27.8 Å². The van der Waals surface area contributed by atoms with Gasteiger partial charge in [-0.25, -0.2) is 4.79 Å². The number of aromatic nitrogens is 1. The fourth-order valence-corrected chi connectivity index (χ4v) is 4.65. The van der Waals surface area contributed by atoms with Crippen LogP contribution < -0.4 is 10.3 Å². The lowest BCUT2D eigenvalue weighted by atomic mass is 9.90. The van der Waals surface area contributed by atoms with Crippen LogP contribution in [-0.2, 0) is 23.0 Å². The van der Waals surface area contributed by atoms with Crippen LogP contribution in [0.2, 0.25) is 0 Å². The van der Waals surface area contributed by atoms with Crippen molar-refractivity contribution in [1.82, 2.24) is 4.57 Å². The fourth-order valence-electron chi connectivity index (χ4n) is 4.65. The van der Waals surface area contributed by atoms with Gasteiger partial charge in [-0.1, -0.05) is 42.5 Å². The number of hydrogen-bond donors (Lipinski definition) is 1. The van der Waals surface area contributed by atoms with Crippen LogP contribution in [0.5, 0.6) is 5.75 Å². The van der Waals surface area contributed by atoms with Gasteiger partial charge in [0, 0.05) is 18.2 Å². The van der Waals surface area contributed by atoms with Gasteiger partial charge in [-0.3, -0.25) is 4.79 Å². The molecule has 3 aromatic rings. The van der Waals surface area contributed by atoms with Gasteiger partial charge < -0.3 is 19.1 Å². The van der Waals surface area contributed by atoms with Crippen molar-refractivity contribution in [3.8, 4) is 16.9 Å². The van der Waals surface area contributed by atoms with E-state index in [1.807, 2.05) is 67.6 Å². The zero-order chi connectivity index (χ0) is 26.0. The number of aliphatic carboxylic acids is 1. The smallest absolute Gasteiger partial charge is 0.339 e. The Balaban J connectivity index is 1.99. The molecular weight excluding hydrogens is 454 g/mol. The van der Waals surface area contributed by atoms with Crippen LogP contribution >= 0.6 is 0 Å². The molecule has 2 heterocycles. The summed E-state index contributed by atoms with van der Waals surface area (Å²) in [5, 5.41) is 10.2. The Hall–Kier alpha value is -3.64. The predicted molar refractivity (Wildman–Crippen MR) is 142 cm³/mol. The average Bonchev–Trinajstić information content (AvgIpc) is 2.84. The second-order valence-electron chi connectivity index (χ2n) is 10.1. The van der Waals surface area contributed by atoms with Crippen LogP contribution in [0.4, 0.5) is 0 Å². The van der Waals surface area contributed by atoms with E-state index < -0.39 is 17.7 Å². The van der Waals surface area contributed by atoms with Crippen LogP contribution in [-0.4, -0.2) is 27.9 Å². The summed E-state index contributed by atoms with van der Waals surface area (Å²) in [4.78, 5) is 26.1. The number of pyridine rings is 1. The van der Waals surface area contributed by atoms with Crippen LogP contribution in [0.25, 0.3) is 23.3 Å². The Bertz CT molecular complexity index is 1360. The first kappa shape index (κ1) is 25.5. The molecule has 0 saturated heterocycles. The largest absolute Gasteiger partial charge is 0.493 e. The minimum Gasteiger partial charge on any atom is -0.493 e. The molecule has 0 aliphatic carbocycles. The number of carboxylic acid groups (broad SMARTS) is 1. The highest BCUT2D eigenvalue weighted by atomic mass is 16.5. The minimum absolute atomic E-state index is 0.275. The van der Waals surface area contributed by atoms with Crippen molar-refractivity contribution in [2.24, 2.45) is 7.05 Å². The van der Waals surface area contributed by atoms with Crippen LogP contribution in [0.3, 0.4) is 0 Å². The Kier molecular flexibility index (Phi) is 7.18. The second-order valence-corrected chi connectivity index (χ2v) is 10.1. The van der Waals surface area contributed by atoms with Gasteiger partial charge in [0.1, 0.15) is 5.75 Å². The summed E-state index contributed by atoms with van der Waals surface area (Å²) in [6, 6.07) is 15.7. The maximum atomic E-state index is 13.6. The molecule has 6 nitrogen and oxygen atoms in total. The molecule has 1 atom stereocenters. The Morgan fingerprint density at radius 2 is 1.86 bits per heavy atom. The third kappa shape index (κ3) is 5.29. The van der Waals surface area contributed by atoms with E-state index in [9.17, 15) is 14.7 Å². The van der Waals surface area contributed by atoms with Crippen molar-refractivity contribution in [3.05, 3.63) is 86.8 Å². The highest BCUT2D eigenvalue weighted by Gasteiger charge is 2.33. The molecule has 2 aromatic carbocycles. The standard InChI is InChI=1S/C30H33NO5/c1-19-23(15-13-20-10-7-6-8-11-20)28(32)31(5)26(27(29(33)34)36-30(2,3)4)25(19)22-14-16-24-21(18-22)12-9-17-35-24/h6-8,10-11,13-16,18,27H,9,12,17H2,1-5H3,(H,33,34)/b15-13+. The van der Waals surface area contributed by atoms with E-state index in [0.717, 1.165) is 35.3 Å². The predicted octanol–water partition coefficient (Wildman–Crippen LogP) is 5.80. The van der Waals surface area contributed by atoms with Crippen molar-refractivity contribution < 1.29 is 19.4 Å². The highest BCUT2D eigenvalue weighted by Crippen LogP contribution is 2.38. The fraction of sp³-hybridized carbons (Fsp3) is 0.333. The number of aryl methyl sites for hydroxylation is 1. The zero-order valence-electron chi connectivity index (χ0n) is 21.5. The molecule has 1 aromatic heterocycles. The van der Waals surface area contributed by atoms with Gasteiger partial charge in [0.05, 0.1) is 17.9 Å². The lowest BCUT2D eigenvalue weighted by Gasteiger charge is -2.29. The first-order chi connectivity index (χ1) is 17.1. The summed E-state index contributed by atoms with van der Waals surface area (Å²) in [5.74, 6) is -0.298. The first-order valence-electron chi connectivity index (χ1n) is 12.2. The molecule has 1 N–H and O–H groups in total. The number of ether oxygens (including phenoxy) is 2. The SMILES string of the molecule is Cc1c(-c2ccc3c(c2)CCCO3)c(C(OC(C)(C)C)C(=O)O)n(C)c(=O)c1/C=C/c1ccccc1. The number of benzene rings is 2. The van der Waals surface area contributed by atoms with E-state index in [4.69, 9.17) is 9.47 Å². The molecule has 4 rings (SSSR count). The average molecular weight is 488 g/mol. The lowest BCUT2D eigenvalue weighted by Crippen LogP contribution is -2.34. The summed E-state index contributed by atoms with van der Waals surface area (Å²) >= 11 is 0. The lowest BCUT2D eigenvalue weighted by molar-refractivity contribution is -0.161. The molecule has 0 fully saturated rings. The summed E-state index contributed by atoms with van der Waals surface area (Å²) in [5.41, 5.74) is 4.10. The normalized spacial score (nSPS) is 14.4. The molecule has 0 bridgehead atoms. The number of carboxylic acids is 1. The molecule has 188 valence electrons. The summed E-state index contributed by atoms with van der Waals surface area (Å²) < 4.78 is 13.2. The van der Waals surface area contributed by atoms with Gasteiger partial charge in [0.15, 0.2) is 6.10 Å². The topological polar surface area (TPSA) is 77.8 Å². The first-order valence-corrected chi connectivity index (χ1v) is 12.2. The third-order valence-electron chi connectivity index (χ3n) is 6.31. The molecule has 0 amide bonds. The Morgan fingerprint density at radius 3 is 2.53 bits per heavy atom. The maximum absolute atomic E-state index is 13.6. The third-order valence-corrected chi connectivity index (χ3v) is 6.31. The Labute approximate surface area is 211 Å². The van der Waals surface area contributed by atoms with Gasteiger partial charge in [-0.15, -0.1) is 0 Å². The second kappa shape index (κ2) is 10.2. The number of fused-ring (bicyclic) bond motifs is 1.